The Kier molecular flexibility index (Phi) is 6.11. The van der Waals surface area contributed by atoms with Gasteiger partial charge in [-0.25, -0.2) is 4.98 Å². The number of carbonyl (C=O) groups is 1. The number of benzene rings is 2. The highest BCUT2D eigenvalue weighted by atomic mass is 35.5. The number of hydrogen-bond donors (Lipinski definition) is 1. The molecule has 1 heterocycles. The van der Waals surface area contributed by atoms with Crippen molar-refractivity contribution >= 4 is 17.5 Å². The van der Waals surface area contributed by atoms with Crippen molar-refractivity contribution in [3.63, 3.8) is 0 Å². The van der Waals surface area contributed by atoms with E-state index in [0.717, 1.165) is 11.3 Å². The van der Waals surface area contributed by atoms with Crippen LogP contribution >= 0.6 is 11.6 Å². The molecule has 0 spiro atoms. The summed E-state index contributed by atoms with van der Waals surface area (Å²) in [6.07, 6.45) is 0. The van der Waals surface area contributed by atoms with Gasteiger partial charge in [0.05, 0.1) is 7.11 Å². The number of hydrogen-bond acceptors (Lipinski definition) is 4. The summed E-state index contributed by atoms with van der Waals surface area (Å²) in [7, 11) is 1.60. The van der Waals surface area contributed by atoms with Crippen LogP contribution in [-0.2, 0) is 17.9 Å². The van der Waals surface area contributed by atoms with Gasteiger partial charge in [-0.3, -0.25) is 14.2 Å². The summed E-state index contributed by atoms with van der Waals surface area (Å²) in [5.74, 6) is 0.873. The summed E-state index contributed by atoms with van der Waals surface area (Å²) in [6, 6.07) is 15.8. The van der Waals surface area contributed by atoms with Gasteiger partial charge in [-0.1, -0.05) is 35.9 Å². The van der Waals surface area contributed by atoms with Gasteiger partial charge in [-0.2, -0.15) is 0 Å². The molecule has 0 fully saturated rings. The number of amides is 1. The molecule has 0 radical (unpaired) electrons. The van der Waals surface area contributed by atoms with Crippen LogP contribution in [0.3, 0.4) is 0 Å². The van der Waals surface area contributed by atoms with E-state index in [1.807, 2.05) is 24.3 Å². The van der Waals surface area contributed by atoms with Crippen LogP contribution in [0.15, 0.2) is 59.4 Å². The van der Waals surface area contributed by atoms with E-state index < -0.39 is 0 Å². The lowest BCUT2D eigenvalue weighted by molar-refractivity contribution is -0.121. The van der Waals surface area contributed by atoms with E-state index in [2.05, 4.69) is 10.3 Å². The molecule has 1 amide bonds. The van der Waals surface area contributed by atoms with Crippen molar-refractivity contribution < 1.29 is 9.53 Å². The molecule has 28 heavy (non-hydrogen) atoms. The molecule has 0 bridgehead atoms. The second kappa shape index (κ2) is 8.71. The predicted molar refractivity (Wildman–Crippen MR) is 109 cm³/mol. The van der Waals surface area contributed by atoms with Crippen molar-refractivity contribution in [2.24, 2.45) is 0 Å². The first-order chi connectivity index (χ1) is 13.5. The number of rotatable bonds is 6. The average molecular weight is 398 g/mol. The third-order valence-corrected chi connectivity index (χ3v) is 4.40. The molecule has 7 heteroatoms. The monoisotopic (exact) mass is 397 g/mol. The molecular weight excluding hydrogens is 378 g/mol. The van der Waals surface area contributed by atoms with E-state index in [-0.39, 0.29) is 18.0 Å². The van der Waals surface area contributed by atoms with Crippen LogP contribution in [0.25, 0.3) is 11.4 Å². The number of halogens is 1. The summed E-state index contributed by atoms with van der Waals surface area (Å²) >= 11 is 6.07. The van der Waals surface area contributed by atoms with E-state index in [1.54, 1.807) is 38.3 Å². The van der Waals surface area contributed by atoms with Crippen LogP contribution in [-0.4, -0.2) is 22.6 Å². The highest BCUT2D eigenvalue weighted by Crippen LogP contribution is 2.20. The molecule has 3 rings (SSSR count). The maximum Gasteiger partial charge on any atom is 0.254 e. The number of ether oxygens (including phenoxy) is 1. The Balaban J connectivity index is 1.79. The van der Waals surface area contributed by atoms with Crippen molar-refractivity contribution in [1.29, 1.82) is 0 Å². The molecule has 2 aromatic carbocycles. The number of methoxy groups -OCH3 is 1. The molecule has 6 nitrogen and oxygen atoms in total. The topological polar surface area (TPSA) is 73.2 Å². The molecule has 0 unspecified atom stereocenters. The molecule has 0 aliphatic carbocycles. The second-order valence-corrected chi connectivity index (χ2v) is 6.72. The Hall–Kier alpha value is -3.12. The quantitative estimate of drug-likeness (QED) is 0.693. The molecule has 1 N–H and O–H groups in total. The van der Waals surface area contributed by atoms with Crippen molar-refractivity contribution in [2.45, 2.75) is 20.0 Å². The molecule has 0 saturated carbocycles. The predicted octanol–water partition coefficient (Wildman–Crippen LogP) is 3.20. The Morgan fingerprint density at radius 2 is 1.93 bits per heavy atom. The summed E-state index contributed by atoms with van der Waals surface area (Å²) < 4.78 is 6.47. The van der Waals surface area contributed by atoms with E-state index in [4.69, 9.17) is 16.3 Å². The average Bonchev–Trinajstić information content (AvgIpc) is 2.68. The fourth-order valence-electron chi connectivity index (χ4n) is 2.76. The van der Waals surface area contributed by atoms with Gasteiger partial charge in [-0.05, 0) is 36.8 Å². The van der Waals surface area contributed by atoms with Gasteiger partial charge in [0, 0.05) is 28.9 Å². The van der Waals surface area contributed by atoms with E-state index >= 15 is 0 Å². The van der Waals surface area contributed by atoms with Crippen molar-refractivity contribution in [3.8, 4) is 17.1 Å². The molecule has 0 atom stereocenters. The highest BCUT2D eigenvalue weighted by molar-refractivity contribution is 6.30. The Labute approximate surface area is 167 Å². The van der Waals surface area contributed by atoms with Crippen molar-refractivity contribution in [1.82, 2.24) is 14.9 Å². The molecule has 3 aromatic rings. The number of carbonyl (C=O) groups excluding carboxylic acids is 1. The van der Waals surface area contributed by atoms with E-state index in [1.165, 1.54) is 10.6 Å². The van der Waals surface area contributed by atoms with Gasteiger partial charge < -0.3 is 10.1 Å². The van der Waals surface area contributed by atoms with Gasteiger partial charge in [-0.15, -0.1) is 0 Å². The SMILES string of the molecule is COc1ccc(CNC(=O)Cn2c(-c3cccc(Cl)c3)nc(C)cc2=O)cc1. The largest absolute Gasteiger partial charge is 0.497 e. The summed E-state index contributed by atoms with van der Waals surface area (Å²) in [5.41, 5.74) is 1.90. The third-order valence-electron chi connectivity index (χ3n) is 4.17. The van der Waals surface area contributed by atoms with Gasteiger partial charge in [0.2, 0.25) is 5.91 Å². The Morgan fingerprint density at radius 3 is 2.61 bits per heavy atom. The van der Waals surface area contributed by atoms with E-state index in [0.29, 0.717) is 28.6 Å². The summed E-state index contributed by atoms with van der Waals surface area (Å²) in [4.78, 5) is 29.4. The van der Waals surface area contributed by atoms with Gasteiger partial charge in [0.1, 0.15) is 18.1 Å². The van der Waals surface area contributed by atoms with Gasteiger partial charge >= 0.3 is 0 Å². The Bertz CT molecular complexity index is 1050. The first kappa shape index (κ1) is 19.6. The lowest BCUT2D eigenvalue weighted by Crippen LogP contribution is -2.33. The normalized spacial score (nSPS) is 10.5. The number of nitrogens with one attached hydrogen (secondary N) is 1. The second-order valence-electron chi connectivity index (χ2n) is 6.28. The van der Waals surface area contributed by atoms with E-state index in [9.17, 15) is 9.59 Å². The molecular formula is C21H20ClN3O3. The maximum absolute atomic E-state index is 12.5. The first-order valence-electron chi connectivity index (χ1n) is 8.70. The van der Waals surface area contributed by atoms with Crippen molar-refractivity contribution in [2.75, 3.05) is 7.11 Å². The van der Waals surface area contributed by atoms with Crippen LogP contribution < -0.4 is 15.6 Å². The molecule has 0 aliphatic heterocycles. The van der Waals surface area contributed by atoms with Crippen LogP contribution in [0, 0.1) is 6.92 Å². The van der Waals surface area contributed by atoms with Crippen LogP contribution in [0.1, 0.15) is 11.3 Å². The minimum atomic E-state index is -0.290. The summed E-state index contributed by atoms with van der Waals surface area (Å²) in [5, 5.41) is 3.35. The first-order valence-corrected chi connectivity index (χ1v) is 9.08. The van der Waals surface area contributed by atoms with Crippen molar-refractivity contribution in [3.05, 3.63) is 81.2 Å². The zero-order valence-corrected chi connectivity index (χ0v) is 16.4. The zero-order chi connectivity index (χ0) is 20.1. The lowest BCUT2D eigenvalue weighted by Gasteiger charge is -2.13. The minimum Gasteiger partial charge on any atom is -0.497 e. The van der Waals surface area contributed by atoms with Crippen LogP contribution in [0.5, 0.6) is 5.75 Å². The number of aryl methyl sites for hydroxylation is 1. The number of aromatic nitrogens is 2. The molecule has 0 aliphatic rings. The van der Waals surface area contributed by atoms with Crippen LogP contribution in [0.4, 0.5) is 0 Å². The zero-order valence-electron chi connectivity index (χ0n) is 15.6. The lowest BCUT2D eigenvalue weighted by atomic mass is 10.2. The molecule has 0 saturated heterocycles. The maximum atomic E-state index is 12.5. The van der Waals surface area contributed by atoms with Gasteiger partial charge in [0.15, 0.2) is 0 Å². The summed E-state index contributed by atoms with van der Waals surface area (Å²) in [6.45, 7) is 1.96. The standard InChI is InChI=1S/C21H20ClN3O3/c1-14-10-20(27)25(21(24-14)16-4-3-5-17(22)11-16)13-19(26)23-12-15-6-8-18(28-2)9-7-15/h3-11H,12-13H2,1-2H3,(H,23,26). The highest BCUT2D eigenvalue weighted by Gasteiger charge is 2.13. The minimum absolute atomic E-state index is 0.135. The molecule has 1 aromatic heterocycles. The van der Waals surface area contributed by atoms with Gasteiger partial charge in [0.25, 0.3) is 5.56 Å². The van der Waals surface area contributed by atoms with Crippen LogP contribution in [0.2, 0.25) is 5.02 Å². The third kappa shape index (κ3) is 4.78. The molecule has 144 valence electrons. The smallest absolute Gasteiger partial charge is 0.254 e. The Morgan fingerprint density at radius 1 is 1.18 bits per heavy atom. The number of nitrogens with zero attached hydrogens (tertiary/aromatic N) is 2. The fourth-order valence-corrected chi connectivity index (χ4v) is 2.96. The fraction of sp³-hybridized carbons (Fsp3) is 0.190.